The molecule has 108 valence electrons. The molecule has 0 spiro atoms. The third-order valence-electron chi connectivity index (χ3n) is 4.62. The molecule has 0 aliphatic carbocycles. The van der Waals surface area contributed by atoms with Gasteiger partial charge in [0.25, 0.3) is 0 Å². The van der Waals surface area contributed by atoms with Crippen LogP contribution in [0, 0.1) is 0 Å². The summed E-state index contributed by atoms with van der Waals surface area (Å²) >= 11 is 5.44. The van der Waals surface area contributed by atoms with Crippen molar-refractivity contribution in [3.05, 3.63) is 20.8 Å². The van der Waals surface area contributed by atoms with E-state index in [1.165, 1.54) is 34.5 Å². The van der Waals surface area contributed by atoms with Crippen LogP contribution in [0.2, 0.25) is 0 Å². The standard InChI is InChI=1S/C15H25BrN2S/c1-4-12-9-18(10-13-7-8-14(16)19-13)15(5-2,6-3)11-17-12/h7-8,12,17H,4-6,9-11H2,1-3H3. The number of piperazine rings is 1. The Morgan fingerprint density at radius 2 is 2.11 bits per heavy atom. The Bertz CT molecular complexity index is 401. The van der Waals surface area contributed by atoms with E-state index in [1.54, 1.807) is 0 Å². The van der Waals surface area contributed by atoms with E-state index in [4.69, 9.17) is 0 Å². The summed E-state index contributed by atoms with van der Waals surface area (Å²) in [5.41, 5.74) is 0.335. The lowest BCUT2D eigenvalue weighted by Gasteiger charge is -2.49. The highest BCUT2D eigenvalue weighted by molar-refractivity contribution is 9.11. The molecule has 1 aromatic rings. The van der Waals surface area contributed by atoms with Crippen LogP contribution in [0.1, 0.15) is 44.9 Å². The van der Waals surface area contributed by atoms with Crippen molar-refractivity contribution < 1.29 is 0 Å². The van der Waals surface area contributed by atoms with Gasteiger partial charge < -0.3 is 5.32 Å². The fourth-order valence-electron chi connectivity index (χ4n) is 3.05. The first-order valence-corrected chi connectivity index (χ1v) is 8.97. The van der Waals surface area contributed by atoms with Crippen LogP contribution >= 0.6 is 27.3 Å². The van der Waals surface area contributed by atoms with Gasteiger partial charge in [-0.25, -0.2) is 0 Å². The minimum absolute atomic E-state index is 0.335. The van der Waals surface area contributed by atoms with Gasteiger partial charge in [0.15, 0.2) is 0 Å². The number of halogens is 1. The quantitative estimate of drug-likeness (QED) is 0.858. The van der Waals surface area contributed by atoms with Crippen LogP contribution in [-0.4, -0.2) is 29.6 Å². The Kier molecular flexibility index (Phi) is 5.46. The molecule has 1 aliphatic rings. The maximum atomic E-state index is 3.73. The van der Waals surface area contributed by atoms with E-state index >= 15 is 0 Å². The molecule has 2 rings (SSSR count). The number of hydrogen-bond donors (Lipinski definition) is 1. The molecule has 0 amide bonds. The van der Waals surface area contributed by atoms with Crippen molar-refractivity contribution in [3.63, 3.8) is 0 Å². The highest BCUT2D eigenvalue weighted by Gasteiger charge is 2.38. The fraction of sp³-hybridized carbons (Fsp3) is 0.733. The van der Waals surface area contributed by atoms with Crippen molar-refractivity contribution in [2.45, 2.75) is 58.2 Å². The molecule has 0 saturated carbocycles. The molecule has 0 bridgehead atoms. The smallest absolute Gasteiger partial charge is 0.0701 e. The van der Waals surface area contributed by atoms with Crippen LogP contribution < -0.4 is 5.32 Å². The second kappa shape index (κ2) is 6.70. The summed E-state index contributed by atoms with van der Waals surface area (Å²) < 4.78 is 1.24. The molecule has 19 heavy (non-hydrogen) atoms. The number of thiophene rings is 1. The fourth-order valence-corrected chi connectivity index (χ4v) is 4.55. The summed E-state index contributed by atoms with van der Waals surface area (Å²) in [6.45, 7) is 10.3. The Morgan fingerprint density at radius 3 is 2.63 bits per heavy atom. The zero-order valence-corrected chi connectivity index (χ0v) is 14.6. The van der Waals surface area contributed by atoms with Crippen molar-refractivity contribution in [2.75, 3.05) is 13.1 Å². The summed E-state index contributed by atoms with van der Waals surface area (Å²) in [6.07, 6.45) is 3.66. The summed E-state index contributed by atoms with van der Waals surface area (Å²) in [5, 5.41) is 3.73. The summed E-state index contributed by atoms with van der Waals surface area (Å²) in [7, 11) is 0. The maximum Gasteiger partial charge on any atom is 0.0701 e. The second-order valence-corrected chi connectivity index (χ2v) is 8.05. The molecular weight excluding hydrogens is 320 g/mol. The third kappa shape index (κ3) is 3.41. The number of rotatable bonds is 5. The number of hydrogen-bond acceptors (Lipinski definition) is 3. The van der Waals surface area contributed by atoms with Crippen molar-refractivity contribution >= 4 is 27.3 Å². The van der Waals surface area contributed by atoms with Crippen molar-refractivity contribution in [1.29, 1.82) is 0 Å². The maximum absolute atomic E-state index is 3.73. The largest absolute Gasteiger partial charge is 0.311 e. The summed E-state index contributed by atoms with van der Waals surface area (Å²) in [5.74, 6) is 0. The normalized spacial score (nSPS) is 23.7. The van der Waals surface area contributed by atoms with Crippen LogP contribution in [0.3, 0.4) is 0 Å². The van der Waals surface area contributed by atoms with Crippen LogP contribution in [0.25, 0.3) is 0 Å². The van der Waals surface area contributed by atoms with Crippen molar-refractivity contribution in [3.8, 4) is 0 Å². The van der Waals surface area contributed by atoms with Gasteiger partial charge in [0.1, 0.15) is 0 Å². The van der Waals surface area contributed by atoms with Gasteiger partial charge in [-0.3, -0.25) is 4.90 Å². The van der Waals surface area contributed by atoms with E-state index < -0.39 is 0 Å². The average Bonchev–Trinajstić information content (AvgIpc) is 2.84. The van der Waals surface area contributed by atoms with Crippen LogP contribution in [-0.2, 0) is 6.54 Å². The predicted octanol–water partition coefficient (Wildman–Crippen LogP) is 4.25. The predicted molar refractivity (Wildman–Crippen MR) is 87.8 cm³/mol. The lowest BCUT2D eigenvalue weighted by molar-refractivity contribution is 0.0246. The number of nitrogens with one attached hydrogen (secondary N) is 1. The summed E-state index contributed by atoms with van der Waals surface area (Å²) in [6, 6.07) is 5.07. The molecule has 1 aliphatic heterocycles. The van der Waals surface area contributed by atoms with E-state index in [9.17, 15) is 0 Å². The minimum Gasteiger partial charge on any atom is -0.311 e. The van der Waals surface area contributed by atoms with Gasteiger partial charge in [-0.2, -0.15) is 0 Å². The average molecular weight is 345 g/mol. The van der Waals surface area contributed by atoms with Gasteiger partial charge in [-0.1, -0.05) is 20.8 Å². The molecule has 2 heterocycles. The zero-order chi connectivity index (χ0) is 13.9. The highest BCUT2D eigenvalue weighted by Crippen LogP contribution is 2.31. The third-order valence-corrected chi connectivity index (χ3v) is 6.22. The Labute approximate surface area is 129 Å². The van der Waals surface area contributed by atoms with Crippen molar-refractivity contribution in [2.24, 2.45) is 0 Å². The Hall–Kier alpha value is 0.1000. The highest BCUT2D eigenvalue weighted by atomic mass is 79.9. The molecular formula is C15H25BrN2S. The van der Waals surface area contributed by atoms with Crippen LogP contribution in [0.15, 0.2) is 15.9 Å². The molecule has 2 nitrogen and oxygen atoms in total. The van der Waals surface area contributed by atoms with E-state index in [2.05, 4.69) is 59.1 Å². The topological polar surface area (TPSA) is 15.3 Å². The lowest BCUT2D eigenvalue weighted by atomic mass is 9.86. The Balaban J connectivity index is 2.15. The van der Waals surface area contributed by atoms with E-state index in [-0.39, 0.29) is 0 Å². The molecule has 1 fully saturated rings. The van der Waals surface area contributed by atoms with Gasteiger partial charge in [0, 0.05) is 36.1 Å². The molecule has 0 aromatic carbocycles. The molecule has 1 unspecified atom stereocenters. The summed E-state index contributed by atoms with van der Waals surface area (Å²) in [4.78, 5) is 4.19. The van der Waals surface area contributed by atoms with Crippen LogP contribution in [0.4, 0.5) is 0 Å². The lowest BCUT2D eigenvalue weighted by Crippen LogP contribution is -2.63. The SMILES string of the molecule is CCC1CN(Cc2ccc(Br)s2)C(CC)(CC)CN1. The van der Waals surface area contributed by atoms with Gasteiger partial charge >= 0.3 is 0 Å². The monoisotopic (exact) mass is 344 g/mol. The minimum atomic E-state index is 0.335. The second-order valence-electron chi connectivity index (χ2n) is 5.50. The molecule has 1 atom stereocenters. The first kappa shape index (κ1) is 15.5. The molecule has 4 heteroatoms. The molecule has 1 aromatic heterocycles. The van der Waals surface area contributed by atoms with E-state index in [1.807, 2.05) is 11.3 Å². The van der Waals surface area contributed by atoms with Gasteiger partial charge in [-0.15, -0.1) is 11.3 Å². The first-order valence-electron chi connectivity index (χ1n) is 7.36. The molecule has 1 saturated heterocycles. The van der Waals surface area contributed by atoms with E-state index in [0.29, 0.717) is 11.6 Å². The van der Waals surface area contributed by atoms with Crippen LogP contribution in [0.5, 0.6) is 0 Å². The Morgan fingerprint density at radius 1 is 1.37 bits per heavy atom. The zero-order valence-electron chi connectivity index (χ0n) is 12.2. The van der Waals surface area contributed by atoms with Gasteiger partial charge in [-0.05, 0) is 47.3 Å². The molecule has 1 N–H and O–H groups in total. The van der Waals surface area contributed by atoms with Gasteiger partial charge in [0.2, 0.25) is 0 Å². The van der Waals surface area contributed by atoms with Gasteiger partial charge in [0.05, 0.1) is 3.79 Å². The first-order chi connectivity index (χ1) is 9.13. The van der Waals surface area contributed by atoms with E-state index in [0.717, 1.165) is 13.1 Å². The van der Waals surface area contributed by atoms with Crippen molar-refractivity contribution in [1.82, 2.24) is 10.2 Å². The number of nitrogens with zero attached hydrogens (tertiary/aromatic N) is 1. The molecule has 0 radical (unpaired) electrons.